The van der Waals surface area contributed by atoms with Crippen molar-refractivity contribution in [3.05, 3.63) is 0 Å². The first-order valence-corrected chi connectivity index (χ1v) is 5.86. The van der Waals surface area contributed by atoms with Crippen LogP contribution in [0.15, 0.2) is 0 Å². The normalized spacial score (nSPS) is 28.2. The monoisotopic (exact) mass is 196 g/mol. The maximum atomic E-state index is 11.9. The van der Waals surface area contributed by atoms with Gasteiger partial charge in [0.2, 0.25) is 5.91 Å². The van der Waals surface area contributed by atoms with Gasteiger partial charge in [0.05, 0.1) is 6.04 Å². The second-order valence-electron chi connectivity index (χ2n) is 4.41. The molecule has 3 heteroatoms. The van der Waals surface area contributed by atoms with Crippen LogP contribution in [-0.4, -0.2) is 36.0 Å². The number of rotatable bonds is 4. The highest BCUT2D eigenvalue weighted by Crippen LogP contribution is 2.28. The molecule has 0 aromatic carbocycles. The molecule has 1 aliphatic heterocycles. The molecule has 0 aromatic heterocycles. The van der Waals surface area contributed by atoms with Crippen LogP contribution in [0, 0.1) is 0 Å². The van der Waals surface area contributed by atoms with Crippen molar-refractivity contribution < 1.29 is 4.79 Å². The molecule has 0 bridgehead atoms. The predicted molar refractivity (Wildman–Crippen MR) is 56.1 cm³/mol. The van der Waals surface area contributed by atoms with Gasteiger partial charge < -0.3 is 10.2 Å². The number of hydrogen-bond acceptors (Lipinski definition) is 2. The van der Waals surface area contributed by atoms with Crippen molar-refractivity contribution >= 4 is 5.91 Å². The zero-order chi connectivity index (χ0) is 9.97. The Morgan fingerprint density at radius 2 is 2.21 bits per heavy atom. The van der Waals surface area contributed by atoms with Crippen LogP contribution in [0.1, 0.15) is 39.0 Å². The Hall–Kier alpha value is -0.570. The molecule has 1 saturated heterocycles. The van der Waals surface area contributed by atoms with E-state index in [4.69, 9.17) is 0 Å². The Bertz CT molecular complexity index is 213. The van der Waals surface area contributed by atoms with E-state index in [-0.39, 0.29) is 6.04 Å². The second kappa shape index (κ2) is 4.30. The number of nitrogens with zero attached hydrogens (tertiary/aromatic N) is 1. The Morgan fingerprint density at radius 3 is 2.79 bits per heavy atom. The van der Waals surface area contributed by atoms with E-state index in [9.17, 15) is 4.79 Å². The van der Waals surface area contributed by atoms with Crippen molar-refractivity contribution in [2.45, 2.75) is 51.1 Å². The van der Waals surface area contributed by atoms with Crippen LogP contribution >= 0.6 is 0 Å². The van der Waals surface area contributed by atoms with Crippen molar-refractivity contribution in [3.63, 3.8) is 0 Å². The van der Waals surface area contributed by atoms with Crippen LogP contribution in [-0.2, 0) is 4.79 Å². The van der Waals surface area contributed by atoms with Gasteiger partial charge in [-0.2, -0.15) is 0 Å². The Morgan fingerprint density at radius 1 is 1.43 bits per heavy atom. The molecular weight excluding hydrogens is 176 g/mol. The second-order valence-corrected chi connectivity index (χ2v) is 4.41. The average Bonchev–Trinajstić information content (AvgIpc) is 2.43. The molecule has 3 nitrogen and oxygen atoms in total. The van der Waals surface area contributed by atoms with Crippen LogP contribution < -0.4 is 5.32 Å². The summed E-state index contributed by atoms with van der Waals surface area (Å²) >= 11 is 0. The van der Waals surface area contributed by atoms with E-state index in [0.717, 1.165) is 25.9 Å². The maximum Gasteiger partial charge on any atom is 0.240 e. The van der Waals surface area contributed by atoms with E-state index < -0.39 is 0 Å². The number of nitrogens with one attached hydrogen (secondary N) is 1. The molecule has 1 heterocycles. The third kappa shape index (κ3) is 1.78. The summed E-state index contributed by atoms with van der Waals surface area (Å²) < 4.78 is 0. The lowest BCUT2D eigenvalue weighted by Gasteiger charge is -2.34. The minimum absolute atomic E-state index is 0.121. The number of carbonyl (C=O) groups is 1. The van der Waals surface area contributed by atoms with E-state index >= 15 is 0 Å². The SMILES string of the molecule is CCCNC1CCN(C2CCC2)C1=O. The maximum absolute atomic E-state index is 11.9. The Kier molecular flexibility index (Phi) is 3.06. The lowest BCUT2D eigenvalue weighted by atomic mass is 9.92. The van der Waals surface area contributed by atoms with E-state index in [1.54, 1.807) is 0 Å². The van der Waals surface area contributed by atoms with Gasteiger partial charge in [0.25, 0.3) is 0 Å². The van der Waals surface area contributed by atoms with Crippen molar-refractivity contribution in [1.82, 2.24) is 10.2 Å². The molecule has 0 radical (unpaired) electrons. The fourth-order valence-electron chi connectivity index (χ4n) is 2.27. The molecule has 0 spiro atoms. The molecule has 0 aromatic rings. The van der Waals surface area contributed by atoms with Gasteiger partial charge in [0, 0.05) is 12.6 Å². The van der Waals surface area contributed by atoms with E-state index in [1.807, 2.05) is 0 Å². The highest BCUT2D eigenvalue weighted by molar-refractivity contribution is 5.84. The zero-order valence-corrected chi connectivity index (χ0v) is 8.96. The standard InChI is InChI=1S/C11H20N2O/c1-2-7-12-10-6-8-13(11(10)14)9-4-3-5-9/h9-10,12H,2-8H2,1H3. The van der Waals surface area contributed by atoms with E-state index in [1.165, 1.54) is 19.3 Å². The molecule has 80 valence electrons. The summed E-state index contributed by atoms with van der Waals surface area (Å²) in [6.07, 6.45) is 5.88. The highest BCUT2D eigenvalue weighted by Gasteiger charge is 2.37. The molecule has 2 rings (SSSR count). The average molecular weight is 196 g/mol. The number of amides is 1. The van der Waals surface area contributed by atoms with Crippen LogP contribution in [0.25, 0.3) is 0 Å². The van der Waals surface area contributed by atoms with Gasteiger partial charge in [-0.05, 0) is 38.6 Å². The van der Waals surface area contributed by atoms with Gasteiger partial charge in [-0.25, -0.2) is 0 Å². The van der Waals surface area contributed by atoms with Crippen molar-refractivity contribution in [1.29, 1.82) is 0 Å². The fourth-order valence-corrected chi connectivity index (χ4v) is 2.27. The smallest absolute Gasteiger partial charge is 0.240 e. The lowest BCUT2D eigenvalue weighted by Crippen LogP contribution is -2.45. The molecular formula is C11H20N2O. The van der Waals surface area contributed by atoms with E-state index in [2.05, 4.69) is 17.1 Å². The van der Waals surface area contributed by atoms with Gasteiger partial charge in [-0.1, -0.05) is 6.92 Å². The van der Waals surface area contributed by atoms with Gasteiger partial charge >= 0.3 is 0 Å². The quantitative estimate of drug-likeness (QED) is 0.731. The lowest BCUT2D eigenvalue weighted by molar-refractivity contribution is -0.132. The summed E-state index contributed by atoms with van der Waals surface area (Å²) in [6.45, 7) is 4.08. The van der Waals surface area contributed by atoms with Crippen LogP contribution in [0.4, 0.5) is 0 Å². The summed E-state index contributed by atoms with van der Waals surface area (Å²) in [5.41, 5.74) is 0. The molecule has 1 unspecified atom stereocenters. The van der Waals surface area contributed by atoms with Gasteiger partial charge in [-0.3, -0.25) is 4.79 Å². The van der Waals surface area contributed by atoms with Crippen molar-refractivity contribution in [2.24, 2.45) is 0 Å². The van der Waals surface area contributed by atoms with E-state index in [0.29, 0.717) is 11.9 Å². The number of likely N-dealkylation sites (tertiary alicyclic amines) is 1. The molecule has 1 N–H and O–H groups in total. The predicted octanol–water partition coefficient (Wildman–Crippen LogP) is 1.14. The third-order valence-corrected chi connectivity index (χ3v) is 3.40. The number of carbonyl (C=O) groups excluding carboxylic acids is 1. The van der Waals surface area contributed by atoms with Crippen LogP contribution in [0.3, 0.4) is 0 Å². The largest absolute Gasteiger partial charge is 0.338 e. The molecule has 1 atom stereocenters. The Labute approximate surface area is 85.8 Å². The molecule has 2 aliphatic rings. The summed E-state index contributed by atoms with van der Waals surface area (Å²) in [7, 11) is 0. The van der Waals surface area contributed by atoms with Crippen molar-refractivity contribution in [3.8, 4) is 0 Å². The third-order valence-electron chi connectivity index (χ3n) is 3.40. The fraction of sp³-hybridized carbons (Fsp3) is 0.909. The molecule has 1 saturated carbocycles. The molecule has 2 fully saturated rings. The van der Waals surface area contributed by atoms with Gasteiger partial charge in [0.15, 0.2) is 0 Å². The highest BCUT2D eigenvalue weighted by atomic mass is 16.2. The van der Waals surface area contributed by atoms with Crippen LogP contribution in [0.5, 0.6) is 0 Å². The minimum atomic E-state index is 0.121. The summed E-state index contributed by atoms with van der Waals surface area (Å²) in [4.78, 5) is 14.0. The van der Waals surface area contributed by atoms with Gasteiger partial charge in [-0.15, -0.1) is 0 Å². The zero-order valence-electron chi connectivity index (χ0n) is 8.96. The summed E-state index contributed by atoms with van der Waals surface area (Å²) in [5.74, 6) is 0.350. The molecule has 1 amide bonds. The topological polar surface area (TPSA) is 32.3 Å². The first kappa shape index (κ1) is 9.97. The van der Waals surface area contributed by atoms with Crippen LogP contribution in [0.2, 0.25) is 0 Å². The summed E-state index contributed by atoms with van der Waals surface area (Å²) in [5, 5.41) is 3.32. The molecule has 14 heavy (non-hydrogen) atoms. The first-order chi connectivity index (χ1) is 6.83. The minimum Gasteiger partial charge on any atom is -0.338 e. The number of hydrogen-bond donors (Lipinski definition) is 1. The molecule has 1 aliphatic carbocycles. The first-order valence-electron chi connectivity index (χ1n) is 5.86. The van der Waals surface area contributed by atoms with Crippen molar-refractivity contribution in [2.75, 3.05) is 13.1 Å². The summed E-state index contributed by atoms with van der Waals surface area (Å²) in [6, 6.07) is 0.700. The van der Waals surface area contributed by atoms with Gasteiger partial charge in [0.1, 0.15) is 0 Å². The Balaban J connectivity index is 1.83.